The molecule has 1 aliphatic heterocycles. The van der Waals surface area contributed by atoms with E-state index >= 15 is 0 Å². The highest BCUT2D eigenvalue weighted by Gasteiger charge is 2.67. The normalized spacial score (nSPS) is 30.4. The van der Waals surface area contributed by atoms with Crippen LogP contribution in [0, 0.1) is 42.4 Å². The minimum Gasteiger partial charge on any atom is -0.289 e. The lowest BCUT2D eigenvalue weighted by Gasteiger charge is -2.37. The number of likely N-dealkylation sites (tertiary alicyclic amines) is 1. The maximum Gasteiger partial charge on any atom is 0.261 e. The molecule has 5 nitrogen and oxygen atoms in total. The Labute approximate surface area is 212 Å². The zero-order chi connectivity index (χ0) is 23.9. The number of anilines is 1. The molecule has 4 aliphatic carbocycles. The second-order valence-corrected chi connectivity index (χ2v) is 10.9. The molecule has 2 bridgehead atoms. The Balaban J connectivity index is 1.37. The molecule has 6 atom stereocenters. The van der Waals surface area contributed by atoms with E-state index in [0.717, 1.165) is 12.0 Å². The zero-order valence-electron chi connectivity index (χ0n) is 18.3. The van der Waals surface area contributed by atoms with Crippen molar-refractivity contribution in [3.05, 3.63) is 74.7 Å². The molecule has 34 heavy (non-hydrogen) atoms. The van der Waals surface area contributed by atoms with E-state index in [4.69, 9.17) is 34.8 Å². The molecule has 3 amide bonds. The van der Waals surface area contributed by atoms with Crippen LogP contribution in [0.4, 0.5) is 5.69 Å². The van der Waals surface area contributed by atoms with Gasteiger partial charge in [0.15, 0.2) is 0 Å². The number of aryl methyl sites for hydroxylation is 1. The van der Waals surface area contributed by atoms with Crippen molar-refractivity contribution in [3.63, 3.8) is 0 Å². The van der Waals surface area contributed by atoms with Gasteiger partial charge in [0.1, 0.15) is 6.67 Å². The number of nitrogens with zero attached hydrogens (tertiary/aromatic N) is 2. The molecule has 2 saturated carbocycles. The summed E-state index contributed by atoms with van der Waals surface area (Å²) in [5, 5.41) is 1.07. The summed E-state index contributed by atoms with van der Waals surface area (Å²) in [4.78, 5) is 43.4. The summed E-state index contributed by atoms with van der Waals surface area (Å²) in [5.41, 5.74) is 1.55. The first-order valence-corrected chi connectivity index (χ1v) is 12.5. The molecule has 7 rings (SSSR count). The SMILES string of the molecule is Cc1ccc(N(CN2C(=O)C3C4C=CC(C5CC45)C3C2=O)C(=O)c2ccc(Cl)cc2Cl)cc1Cl. The summed E-state index contributed by atoms with van der Waals surface area (Å²) in [6, 6.07) is 9.83. The van der Waals surface area contributed by atoms with Crippen molar-refractivity contribution < 1.29 is 14.4 Å². The molecule has 0 spiro atoms. The smallest absolute Gasteiger partial charge is 0.261 e. The number of carbonyl (C=O) groups is 3. The quantitative estimate of drug-likeness (QED) is 0.393. The predicted molar refractivity (Wildman–Crippen MR) is 131 cm³/mol. The van der Waals surface area contributed by atoms with Gasteiger partial charge in [-0.3, -0.25) is 24.2 Å². The van der Waals surface area contributed by atoms with Gasteiger partial charge in [-0.25, -0.2) is 0 Å². The molecule has 174 valence electrons. The molecule has 0 radical (unpaired) electrons. The fourth-order valence-electron chi connectivity index (χ4n) is 6.12. The van der Waals surface area contributed by atoms with E-state index in [1.807, 2.05) is 6.92 Å². The second-order valence-electron chi connectivity index (χ2n) is 9.69. The number of hydrogen-bond donors (Lipinski definition) is 0. The summed E-state index contributed by atoms with van der Waals surface area (Å²) in [6.45, 7) is 1.66. The molecule has 5 aliphatic rings. The van der Waals surface area contributed by atoms with Gasteiger partial charge in [-0.15, -0.1) is 0 Å². The first-order valence-electron chi connectivity index (χ1n) is 11.3. The number of amides is 3. The minimum atomic E-state index is -0.444. The Morgan fingerprint density at radius 3 is 2.18 bits per heavy atom. The third-order valence-corrected chi connectivity index (χ3v) is 8.87. The summed E-state index contributed by atoms with van der Waals surface area (Å²) < 4.78 is 0. The monoisotopic (exact) mass is 514 g/mol. The van der Waals surface area contributed by atoms with Crippen molar-refractivity contribution in [1.29, 1.82) is 0 Å². The van der Waals surface area contributed by atoms with Gasteiger partial charge in [0.05, 0.1) is 22.4 Å². The van der Waals surface area contributed by atoms with Crippen LogP contribution in [-0.2, 0) is 9.59 Å². The molecule has 0 N–H and O–H groups in total. The van der Waals surface area contributed by atoms with Crippen molar-refractivity contribution in [2.45, 2.75) is 13.3 Å². The van der Waals surface area contributed by atoms with E-state index < -0.39 is 5.91 Å². The summed E-state index contributed by atoms with van der Waals surface area (Å²) in [7, 11) is 0. The van der Waals surface area contributed by atoms with Crippen LogP contribution < -0.4 is 4.90 Å². The Morgan fingerprint density at radius 1 is 0.941 bits per heavy atom. The van der Waals surface area contributed by atoms with Gasteiger partial charge >= 0.3 is 0 Å². The van der Waals surface area contributed by atoms with Crippen LogP contribution >= 0.6 is 34.8 Å². The number of benzene rings is 2. The van der Waals surface area contributed by atoms with E-state index in [0.29, 0.717) is 27.6 Å². The average Bonchev–Trinajstić information content (AvgIpc) is 3.59. The van der Waals surface area contributed by atoms with Crippen LogP contribution in [0.5, 0.6) is 0 Å². The van der Waals surface area contributed by atoms with Crippen molar-refractivity contribution in [2.75, 3.05) is 11.6 Å². The Bertz CT molecular complexity index is 1260. The number of allylic oxidation sites excluding steroid dienone is 2. The lowest BCUT2D eigenvalue weighted by molar-refractivity contribution is -0.140. The van der Waals surface area contributed by atoms with Gasteiger partial charge in [-0.2, -0.15) is 0 Å². The average molecular weight is 516 g/mol. The van der Waals surface area contributed by atoms with E-state index in [9.17, 15) is 14.4 Å². The van der Waals surface area contributed by atoms with Crippen molar-refractivity contribution in [2.24, 2.45) is 35.5 Å². The minimum absolute atomic E-state index is 0.116. The molecular weight excluding hydrogens is 495 g/mol. The van der Waals surface area contributed by atoms with Gasteiger partial charge in [0, 0.05) is 15.7 Å². The maximum atomic E-state index is 13.7. The van der Waals surface area contributed by atoms with E-state index in [1.54, 1.807) is 30.3 Å². The molecule has 2 aromatic carbocycles. The molecule has 2 aromatic rings. The first kappa shape index (κ1) is 22.1. The van der Waals surface area contributed by atoms with Crippen LogP contribution in [0.1, 0.15) is 22.3 Å². The lowest BCUT2D eigenvalue weighted by atomic mass is 9.63. The van der Waals surface area contributed by atoms with Crippen molar-refractivity contribution in [1.82, 2.24) is 4.90 Å². The van der Waals surface area contributed by atoms with E-state index in [1.165, 1.54) is 15.9 Å². The number of rotatable bonds is 4. The van der Waals surface area contributed by atoms with Crippen LogP contribution in [0.2, 0.25) is 15.1 Å². The van der Waals surface area contributed by atoms with Crippen molar-refractivity contribution >= 4 is 58.2 Å². The van der Waals surface area contributed by atoms with Gasteiger partial charge in [0.25, 0.3) is 5.91 Å². The van der Waals surface area contributed by atoms with Crippen molar-refractivity contribution in [3.8, 4) is 0 Å². The number of carbonyl (C=O) groups excluding carboxylic acids is 3. The molecular formula is C26H21Cl3N2O3. The number of hydrogen-bond acceptors (Lipinski definition) is 3. The van der Waals surface area contributed by atoms with E-state index in [2.05, 4.69) is 12.2 Å². The highest BCUT2D eigenvalue weighted by atomic mass is 35.5. The van der Waals surface area contributed by atoms with Gasteiger partial charge in [0.2, 0.25) is 11.8 Å². The predicted octanol–water partition coefficient (Wildman–Crippen LogP) is 5.61. The van der Waals surface area contributed by atoms with Crippen LogP contribution in [0.25, 0.3) is 0 Å². The number of imide groups is 1. The standard InChI is InChI=1S/C26H21Cl3N2O3/c1-12-2-4-14(9-20(12)28)30(24(32)17-5-3-13(27)8-21(17)29)11-31-25(33)22-15-6-7-16(19-10-18(15)19)23(22)26(31)34/h2-9,15-16,18-19,22-23H,10-11H2,1H3. The fourth-order valence-corrected chi connectivity index (χ4v) is 6.78. The Kier molecular flexibility index (Phi) is 5.11. The van der Waals surface area contributed by atoms with Crippen LogP contribution in [-0.4, -0.2) is 29.3 Å². The van der Waals surface area contributed by atoms with Gasteiger partial charge in [-0.1, -0.05) is 53.0 Å². The highest BCUT2D eigenvalue weighted by molar-refractivity contribution is 6.37. The largest absolute Gasteiger partial charge is 0.289 e. The molecule has 1 saturated heterocycles. The topological polar surface area (TPSA) is 57.7 Å². The van der Waals surface area contributed by atoms with Gasteiger partial charge < -0.3 is 0 Å². The zero-order valence-corrected chi connectivity index (χ0v) is 20.5. The third kappa shape index (κ3) is 3.24. The Morgan fingerprint density at radius 2 is 1.59 bits per heavy atom. The number of halogens is 3. The molecule has 3 fully saturated rings. The summed E-state index contributed by atoms with van der Waals surface area (Å²) >= 11 is 18.7. The third-order valence-electron chi connectivity index (χ3n) is 7.91. The molecule has 6 unspecified atom stereocenters. The second kappa shape index (κ2) is 7.84. The molecule has 1 heterocycles. The fraction of sp³-hybridized carbons (Fsp3) is 0.346. The summed E-state index contributed by atoms with van der Waals surface area (Å²) in [5.74, 6) is -0.246. The van der Waals surface area contributed by atoms with E-state index in [-0.39, 0.29) is 52.7 Å². The molecule has 0 aromatic heterocycles. The van der Waals surface area contributed by atoms with Crippen LogP contribution in [0.3, 0.4) is 0 Å². The molecule has 8 heteroatoms. The lowest BCUT2D eigenvalue weighted by Crippen LogP contribution is -2.45. The maximum absolute atomic E-state index is 13.7. The summed E-state index contributed by atoms with van der Waals surface area (Å²) in [6.07, 6.45) is 5.35. The van der Waals surface area contributed by atoms with Crippen LogP contribution in [0.15, 0.2) is 48.6 Å². The Hall–Kier alpha value is -2.34. The first-order chi connectivity index (χ1) is 16.3. The highest BCUT2D eigenvalue weighted by Crippen LogP contribution is 2.65. The van der Waals surface area contributed by atoms with Gasteiger partial charge in [-0.05, 0) is 72.9 Å².